The van der Waals surface area contributed by atoms with Crippen LogP contribution in [0.2, 0.25) is 0 Å². The molecule has 0 amide bonds. The Morgan fingerprint density at radius 3 is 2.75 bits per heavy atom. The van der Waals surface area contributed by atoms with E-state index in [4.69, 9.17) is 4.74 Å². The Hall–Kier alpha value is -1.90. The van der Waals surface area contributed by atoms with Gasteiger partial charge in [-0.15, -0.1) is 0 Å². The fourth-order valence-corrected chi connectivity index (χ4v) is 4.53. The fourth-order valence-electron chi connectivity index (χ4n) is 4.53. The van der Waals surface area contributed by atoms with E-state index in [0.29, 0.717) is 5.76 Å². The van der Waals surface area contributed by atoms with Crippen molar-refractivity contribution in [3.63, 3.8) is 0 Å². The average Bonchev–Trinajstić information content (AvgIpc) is 2.80. The van der Waals surface area contributed by atoms with Gasteiger partial charge in [0.05, 0.1) is 13.0 Å². The van der Waals surface area contributed by atoms with Crippen molar-refractivity contribution < 1.29 is 14.3 Å². The molecule has 0 radical (unpaired) electrons. The van der Waals surface area contributed by atoms with E-state index in [0.717, 1.165) is 6.42 Å². The Morgan fingerprint density at radius 1 is 1.25 bits per heavy atom. The second-order valence-corrected chi connectivity index (χ2v) is 6.32. The summed E-state index contributed by atoms with van der Waals surface area (Å²) in [5, 5.41) is 0. The molecule has 0 spiro atoms. The van der Waals surface area contributed by atoms with E-state index >= 15 is 0 Å². The fraction of sp³-hybridized carbons (Fsp3) is 0.412. The highest BCUT2D eigenvalue weighted by Crippen LogP contribution is 2.63. The van der Waals surface area contributed by atoms with Crippen LogP contribution in [-0.2, 0) is 20.7 Å². The number of carbonyl (C=O) groups excluding carboxylic acids is 2. The van der Waals surface area contributed by atoms with E-state index in [-0.39, 0.29) is 28.8 Å². The summed E-state index contributed by atoms with van der Waals surface area (Å²) in [4.78, 5) is 25.1. The lowest BCUT2D eigenvalue weighted by atomic mass is 9.74. The average molecular weight is 268 g/mol. The van der Waals surface area contributed by atoms with Crippen LogP contribution < -0.4 is 0 Å². The van der Waals surface area contributed by atoms with E-state index in [1.54, 1.807) is 6.08 Å². The van der Waals surface area contributed by atoms with Gasteiger partial charge in [-0.3, -0.25) is 9.59 Å². The summed E-state index contributed by atoms with van der Waals surface area (Å²) in [5.41, 5.74) is 2.28. The molecule has 3 aliphatic rings. The molecule has 0 heterocycles. The molecule has 1 saturated carbocycles. The van der Waals surface area contributed by atoms with Crippen molar-refractivity contribution in [1.29, 1.82) is 0 Å². The van der Waals surface area contributed by atoms with E-state index < -0.39 is 5.92 Å². The van der Waals surface area contributed by atoms with E-state index in [1.807, 2.05) is 12.1 Å². The molecule has 1 aromatic rings. The lowest BCUT2D eigenvalue weighted by molar-refractivity contribution is -0.133. The number of fused-ring (bicyclic) bond motifs is 7. The number of carbonyl (C=O) groups is 2. The molecular formula is C17H16O3. The van der Waals surface area contributed by atoms with Crippen LogP contribution in [-0.4, -0.2) is 18.7 Å². The lowest BCUT2D eigenvalue weighted by Gasteiger charge is -2.28. The minimum absolute atomic E-state index is 0.00704. The van der Waals surface area contributed by atoms with Crippen molar-refractivity contribution in [3.05, 3.63) is 47.2 Å². The maximum absolute atomic E-state index is 12.6. The number of ether oxygens (including phenoxy) is 1. The number of methoxy groups -OCH3 is 1. The van der Waals surface area contributed by atoms with E-state index in [1.165, 1.54) is 18.2 Å². The van der Waals surface area contributed by atoms with Crippen LogP contribution in [0.5, 0.6) is 0 Å². The molecule has 0 aliphatic heterocycles. The predicted octanol–water partition coefficient (Wildman–Crippen LogP) is 2.26. The molecule has 2 bridgehead atoms. The SMILES string of the molecule is COC1=C[C@@H]2C(=O)[C@H](C1=O)[C@@H]1c3ccccc3C[C@]21C. The summed E-state index contributed by atoms with van der Waals surface area (Å²) >= 11 is 0. The Balaban J connectivity index is 1.94. The molecule has 3 nitrogen and oxygen atoms in total. The number of rotatable bonds is 1. The second kappa shape index (κ2) is 3.60. The summed E-state index contributed by atoms with van der Waals surface area (Å²) in [6, 6.07) is 8.20. The second-order valence-electron chi connectivity index (χ2n) is 6.32. The van der Waals surface area contributed by atoms with Crippen LogP contribution in [0.3, 0.4) is 0 Å². The molecule has 4 atom stereocenters. The largest absolute Gasteiger partial charge is 0.493 e. The van der Waals surface area contributed by atoms with Gasteiger partial charge in [-0.25, -0.2) is 0 Å². The Bertz CT molecular complexity index is 673. The number of allylic oxidation sites excluding steroid dienone is 2. The Kier molecular flexibility index (Phi) is 2.14. The molecule has 0 saturated heterocycles. The summed E-state index contributed by atoms with van der Waals surface area (Å²) in [6.07, 6.45) is 2.62. The van der Waals surface area contributed by atoms with Crippen molar-refractivity contribution >= 4 is 11.6 Å². The standard InChI is InChI=1S/C17H16O3/c1-17-8-9-5-3-4-6-10(9)14(17)13-15(18)11(17)7-12(20-2)16(13)19/h3-7,11,13-14H,8H2,1-2H3/t11-,13-,14+,17-/m1/s1. The maximum Gasteiger partial charge on any atom is 0.208 e. The van der Waals surface area contributed by atoms with Gasteiger partial charge in [-0.1, -0.05) is 31.2 Å². The monoisotopic (exact) mass is 268 g/mol. The van der Waals surface area contributed by atoms with Gasteiger partial charge >= 0.3 is 0 Å². The predicted molar refractivity (Wildman–Crippen MR) is 73.1 cm³/mol. The van der Waals surface area contributed by atoms with Gasteiger partial charge in [0, 0.05) is 11.8 Å². The van der Waals surface area contributed by atoms with Crippen molar-refractivity contribution in [2.24, 2.45) is 17.3 Å². The third-order valence-corrected chi connectivity index (χ3v) is 5.39. The van der Waals surface area contributed by atoms with Crippen molar-refractivity contribution in [3.8, 4) is 0 Å². The quantitative estimate of drug-likeness (QED) is 0.734. The Labute approximate surface area is 117 Å². The topological polar surface area (TPSA) is 43.4 Å². The van der Waals surface area contributed by atoms with Gasteiger partial charge in [0.15, 0.2) is 11.5 Å². The third-order valence-electron chi connectivity index (χ3n) is 5.39. The summed E-state index contributed by atoms with van der Waals surface area (Å²) in [5.74, 6) is -0.427. The van der Waals surface area contributed by atoms with Crippen LogP contribution in [0.25, 0.3) is 0 Å². The highest BCUT2D eigenvalue weighted by atomic mass is 16.5. The highest BCUT2D eigenvalue weighted by molar-refractivity contribution is 6.16. The summed E-state index contributed by atoms with van der Waals surface area (Å²) < 4.78 is 5.19. The zero-order valence-electron chi connectivity index (χ0n) is 11.6. The van der Waals surface area contributed by atoms with Crippen LogP contribution in [0.15, 0.2) is 36.1 Å². The molecule has 102 valence electrons. The zero-order valence-corrected chi connectivity index (χ0v) is 11.6. The van der Waals surface area contributed by atoms with Gasteiger partial charge < -0.3 is 4.74 Å². The molecule has 3 heteroatoms. The maximum atomic E-state index is 12.6. The minimum atomic E-state index is -0.548. The van der Waals surface area contributed by atoms with Crippen LogP contribution in [0.4, 0.5) is 0 Å². The molecule has 0 aromatic heterocycles. The zero-order chi connectivity index (χ0) is 14.1. The van der Waals surface area contributed by atoms with E-state index in [2.05, 4.69) is 19.1 Å². The molecule has 1 fully saturated rings. The summed E-state index contributed by atoms with van der Waals surface area (Å²) in [6.45, 7) is 2.14. The van der Waals surface area contributed by atoms with Gasteiger partial charge in [0.25, 0.3) is 0 Å². The van der Waals surface area contributed by atoms with Crippen molar-refractivity contribution in [1.82, 2.24) is 0 Å². The number of hydrogen-bond donors (Lipinski definition) is 0. The first-order valence-electron chi connectivity index (χ1n) is 6.99. The minimum Gasteiger partial charge on any atom is -0.493 e. The number of benzene rings is 1. The molecule has 20 heavy (non-hydrogen) atoms. The molecule has 1 aromatic carbocycles. The van der Waals surface area contributed by atoms with Gasteiger partial charge in [0.1, 0.15) is 0 Å². The number of hydrogen-bond acceptors (Lipinski definition) is 3. The van der Waals surface area contributed by atoms with Gasteiger partial charge in [-0.05, 0) is 29.0 Å². The van der Waals surface area contributed by atoms with Crippen molar-refractivity contribution in [2.45, 2.75) is 19.3 Å². The molecule has 0 unspecified atom stereocenters. The smallest absolute Gasteiger partial charge is 0.208 e. The van der Waals surface area contributed by atoms with Gasteiger partial charge in [0.2, 0.25) is 5.78 Å². The lowest BCUT2D eigenvalue weighted by Crippen LogP contribution is -2.31. The van der Waals surface area contributed by atoms with E-state index in [9.17, 15) is 9.59 Å². The first-order valence-corrected chi connectivity index (χ1v) is 6.99. The first kappa shape index (κ1) is 11.9. The highest BCUT2D eigenvalue weighted by Gasteiger charge is 2.64. The number of Topliss-reactive ketones (excluding diaryl/α,β-unsaturated/α-hetero) is 2. The normalized spacial score (nSPS) is 37.5. The molecular weight excluding hydrogens is 252 g/mol. The van der Waals surface area contributed by atoms with Crippen LogP contribution in [0.1, 0.15) is 24.0 Å². The third kappa shape index (κ3) is 1.17. The van der Waals surface area contributed by atoms with Gasteiger partial charge in [-0.2, -0.15) is 0 Å². The number of ketones is 2. The molecule has 4 rings (SSSR count). The molecule has 3 aliphatic carbocycles. The summed E-state index contributed by atoms with van der Waals surface area (Å²) in [7, 11) is 1.50. The van der Waals surface area contributed by atoms with Crippen LogP contribution in [0, 0.1) is 17.3 Å². The molecule has 0 N–H and O–H groups in total. The van der Waals surface area contributed by atoms with Crippen LogP contribution >= 0.6 is 0 Å². The first-order chi connectivity index (χ1) is 9.58. The van der Waals surface area contributed by atoms with Crippen molar-refractivity contribution in [2.75, 3.05) is 7.11 Å². The Morgan fingerprint density at radius 2 is 2.00 bits per heavy atom.